The fraction of sp³-hybridized carbons (Fsp3) is 0.318. The molecule has 1 N–H and O–H groups in total. The van der Waals surface area contributed by atoms with Crippen molar-refractivity contribution in [3.63, 3.8) is 0 Å². The van der Waals surface area contributed by atoms with Crippen molar-refractivity contribution < 1.29 is 14.3 Å². The number of ether oxygens (including phenoxy) is 2. The van der Waals surface area contributed by atoms with Gasteiger partial charge in [-0.25, -0.2) is 0 Å². The van der Waals surface area contributed by atoms with Crippen molar-refractivity contribution in [2.24, 2.45) is 5.92 Å². The zero-order chi connectivity index (χ0) is 17.9. The van der Waals surface area contributed by atoms with Crippen LogP contribution in [0.4, 0.5) is 5.69 Å². The first-order valence-corrected chi connectivity index (χ1v) is 9.08. The Balaban J connectivity index is 1.46. The van der Waals surface area contributed by atoms with Gasteiger partial charge in [-0.3, -0.25) is 4.79 Å². The SMILES string of the molecule is COC(=O)C1CCC2=C(C1)Nc1cc(OCc3ccccc3)ccc1C2. The second kappa shape index (κ2) is 7.24. The van der Waals surface area contributed by atoms with Crippen LogP contribution < -0.4 is 10.1 Å². The van der Waals surface area contributed by atoms with E-state index in [1.165, 1.54) is 23.9 Å². The lowest BCUT2D eigenvalue weighted by atomic mass is 9.82. The van der Waals surface area contributed by atoms with Crippen LogP contribution in [0.15, 0.2) is 59.8 Å². The average molecular weight is 349 g/mol. The highest BCUT2D eigenvalue weighted by Crippen LogP contribution is 2.39. The van der Waals surface area contributed by atoms with Crippen molar-refractivity contribution in [3.8, 4) is 5.75 Å². The van der Waals surface area contributed by atoms with Crippen LogP contribution in [-0.4, -0.2) is 13.1 Å². The number of benzene rings is 2. The van der Waals surface area contributed by atoms with Crippen molar-refractivity contribution >= 4 is 11.7 Å². The molecular weight excluding hydrogens is 326 g/mol. The molecule has 0 aromatic heterocycles. The standard InChI is InChI=1S/C22H23NO3/c1-25-22(24)18-8-7-16-11-17-9-10-19(13-21(17)23-20(16)12-18)26-14-15-5-3-2-4-6-15/h2-6,9-10,13,18,23H,7-8,11-12,14H2,1H3. The summed E-state index contributed by atoms with van der Waals surface area (Å²) in [6.45, 7) is 0.554. The van der Waals surface area contributed by atoms with E-state index >= 15 is 0 Å². The van der Waals surface area contributed by atoms with E-state index in [4.69, 9.17) is 9.47 Å². The third-order valence-electron chi connectivity index (χ3n) is 5.23. The summed E-state index contributed by atoms with van der Waals surface area (Å²) in [4.78, 5) is 11.9. The molecule has 26 heavy (non-hydrogen) atoms. The molecule has 4 rings (SSSR count). The molecule has 0 bridgehead atoms. The van der Waals surface area contributed by atoms with Gasteiger partial charge in [0.25, 0.3) is 0 Å². The highest BCUT2D eigenvalue weighted by atomic mass is 16.5. The summed E-state index contributed by atoms with van der Waals surface area (Å²) in [7, 11) is 1.46. The smallest absolute Gasteiger partial charge is 0.309 e. The highest BCUT2D eigenvalue weighted by Gasteiger charge is 2.29. The third kappa shape index (κ3) is 3.45. The monoisotopic (exact) mass is 349 g/mol. The van der Waals surface area contributed by atoms with E-state index in [9.17, 15) is 4.79 Å². The quantitative estimate of drug-likeness (QED) is 0.828. The zero-order valence-electron chi connectivity index (χ0n) is 15.0. The maximum absolute atomic E-state index is 11.9. The maximum atomic E-state index is 11.9. The van der Waals surface area contributed by atoms with E-state index < -0.39 is 0 Å². The van der Waals surface area contributed by atoms with Crippen LogP contribution in [0.2, 0.25) is 0 Å². The van der Waals surface area contributed by atoms with Gasteiger partial charge in [0.05, 0.1) is 13.0 Å². The number of fused-ring (bicyclic) bond motifs is 1. The second-order valence-corrected chi connectivity index (χ2v) is 6.94. The number of rotatable bonds is 4. The Morgan fingerprint density at radius 1 is 1.19 bits per heavy atom. The van der Waals surface area contributed by atoms with E-state index in [-0.39, 0.29) is 11.9 Å². The van der Waals surface area contributed by atoms with Crippen LogP contribution in [0.25, 0.3) is 0 Å². The topological polar surface area (TPSA) is 47.6 Å². The minimum absolute atomic E-state index is 0.0367. The molecule has 1 atom stereocenters. The molecule has 2 aromatic rings. The Labute approximate surface area is 153 Å². The molecule has 0 saturated carbocycles. The van der Waals surface area contributed by atoms with Gasteiger partial charge in [0.2, 0.25) is 0 Å². The number of carbonyl (C=O) groups is 1. The summed E-state index contributed by atoms with van der Waals surface area (Å²) in [5.74, 6) is 0.707. The van der Waals surface area contributed by atoms with E-state index in [0.717, 1.165) is 42.7 Å². The summed E-state index contributed by atoms with van der Waals surface area (Å²) >= 11 is 0. The summed E-state index contributed by atoms with van der Waals surface area (Å²) < 4.78 is 10.9. The van der Waals surface area contributed by atoms with Gasteiger partial charge < -0.3 is 14.8 Å². The van der Waals surface area contributed by atoms with Gasteiger partial charge in [0.15, 0.2) is 0 Å². The number of carbonyl (C=O) groups excluding carboxylic acids is 1. The molecule has 0 amide bonds. The molecule has 4 nitrogen and oxygen atoms in total. The van der Waals surface area contributed by atoms with Crippen molar-refractivity contribution in [2.75, 3.05) is 12.4 Å². The predicted octanol–water partition coefficient (Wildman–Crippen LogP) is 4.46. The first-order valence-electron chi connectivity index (χ1n) is 9.08. The molecule has 0 fully saturated rings. The zero-order valence-corrected chi connectivity index (χ0v) is 15.0. The number of esters is 1. The Hall–Kier alpha value is -2.75. The molecule has 0 radical (unpaired) electrons. The molecule has 134 valence electrons. The molecule has 1 aliphatic carbocycles. The largest absolute Gasteiger partial charge is 0.489 e. The van der Waals surface area contributed by atoms with Gasteiger partial charge in [-0.1, -0.05) is 36.4 Å². The lowest BCUT2D eigenvalue weighted by Crippen LogP contribution is -2.26. The Morgan fingerprint density at radius 3 is 2.85 bits per heavy atom. The van der Waals surface area contributed by atoms with Gasteiger partial charge in [-0.05, 0) is 42.0 Å². The fourth-order valence-corrected chi connectivity index (χ4v) is 3.74. The number of allylic oxidation sites excluding steroid dienone is 2. The van der Waals surface area contributed by atoms with E-state index in [2.05, 4.69) is 29.6 Å². The summed E-state index contributed by atoms with van der Waals surface area (Å²) in [6.07, 6.45) is 3.51. The Bertz CT molecular complexity index is 842. The molecule has 0 spiro atoms. The molecule has 1 unspecified atom stereocenters. The van der Waals surface area contributed by atoms with Crippen LogP contribution in [0, 0.1) is 5.92 Å². The minimum atomic E-state index is -0.107. The molecule has 2 aromatic carbocycles. The third-order valence-corrected chi connectivity index (χ3v) is 5.23. The van der Waals surface area contributed by atoms with E-state index in [0.29, 0.717) is 6.61 Å². The van der Waals surface area contributed by atoms with Crippen LogP contribution in [-0.2, 0) is 22.6 Å². The van der Waals surface area contributed by atoms with Crippen molar-refractivity contribution in [2.45, 2.75) is 32.3 Å². The van der Waals surface area contributed by atoms with E-state index in [1.807, 2.05) is 24.3 Å². The van der Waals surface area contributed by atoms with Crippen LogP contribution in [0.5, 0.6) is 5.75 Å². The normalized spacial score (nSPS) is 18.4. The average Bonchev–Trinajstić information content (AvgIpc) is 2.70. The molecule has 0 saturated heterocycles. The second-order valence-electron chi connectivity index (χ2n) is 6.94. The van der Waals surface area contributed by atoms with Crippen LogP contribution in [0.3, 0.4) is 0 Å². The minimum Gasteiger partial charge on any atom is -0.489 e. The molecular formula is C22H23NO3. The number of anilines is 1. The first kappa shape index (κ1) is 16.7. The van der Waals surface area contributed by atoms with Gasteiger partial charge in [0.1, 0.15) is 12.4 Å². The lowest BCUT2D eigenvalue weighted by Gasteiger charge is -2.31. The Morgan fingerprint density at radius 2 is 2.04 bits per heavy atom. The maximum Gasteiger partial charge on any atom is 0.309 e. The molecule has 1 heterocycles. The van der Waals surface area contributed by atoms with Crippen molar-refractivity contribution in [1.82, 2.24) is 0 Å². The molecule has 1 aliphatic heterocycles. The van der Waals surface area contributed by atoms with Crippen molar-refractivity contribution in [1.29, 1.82) is 0 Å². The summed E-state index contributed by atoms with van der Waals surface area (Å²) in [5.41, 5.74) is 6.11. The van der Waals surface area contributed by atoms with Gasteiger partial charge in [-0.15, -0.1) is 0 Å². The lowest BCUT2D eigenvalue weighted by molar-refractivity contribution is -0.145. The van der Waals surface area contributed by atoms with Gasteiger partial charge in [-0.2, -0.15) is 0 Å². The predicted molar refractivity (Wildman–Crippen MR) is 101 cm³/mol. The number of hydrogen-bond acceptors (Lipinski definition) is 4. The van der Waals surface area contributed by atoms with Crippen LogP contribution in [0.1, 0.15) is 30.4 Å². The number of hydrogen-bond donors (Lipinski definition) is 1. The van der Waals surface area contributed by atoms with Crippen molar-refractivity contribution in [3.05, 3.63) is 70.9 Å². The molecule has 2 aliphatic rings. The summed E-state index contributed by atoms with van der Waals surface area (Å²) in [6, 6.07) is 16.4. The number of methoxy groups -OCH3 is 1. The summed E-state index contributed by atoms with van der Waals surface area (Å²) in [5, 5.41) is 3.54. The fourth-order valence-electron chi connectivity index (χ4n) is 3.74. The first-order chi connectivity index (χ1) is 12.7. The van der Waals surface area contributed by atoms with Crippen LogP contribution >= 0.6 is 0 Å². The number of nitrogens with one attached hydrogen (secondary N) is 1. The van der Waals surface area contributed by atoms with Gasteiger partial charge >= 0.3 is 5.97 Å². The van der Waals surface area contributed by atoms with Gasteiger partial charge in [0, 0.05) is 23.9 Å². The molecule has 4 heteroatoms. The van der Waals surface area contributed by atoms with E-state index in [1.54, 1.807) is 0 Å². The Kier molecular flexibility index (Phi) is 4.65. The highest BCUT2D eigenvalue weighted by molar-refractivity contribution is 5.74.